The summed E-state index contributed by atoms with van der Waals surface area (Å²) >= 11 is 0. The van der Waals surface area contributed by atoms with Gasteiger partial charge in [-0.15, -0.1) is 12.4 Å². The molecule has 0 saturated heterocycles. The van der Waals surface area contributed by atoms with E-state index in [1.165, 1.54) is 0 Å². The molecule has 1 aromatic heterocycles. The van der Waals surface area contributed by atoms with E-state index in [1.54, 1.807) is 0 Å². The topological polar surface area (TPSA) is 39.2 Å². The van der Waals surface area contributed by atoms with E-state index in [0.717, 1.165) is 17.9 Å². The van der Waals surface area contributed by atoms with Gasteiger partial charge in [0, 0.05) is 6.42 Å². The first-order chi connectivity index (χ1) is 4.33. The second-order valence-electron chi connectivity index (χ2n) is 2.05. The normalized spacial score (nSPS) is 9.00. The number of hydrogen-bond acceptors (Lipinski definition) is 2. The molecule has 0 unspecified atom stereocenters. The van der Waals surface area contributed by atoms with E-state index in [-0.39, 0.29) is 12.4 Å². The minimum atomic E-state index is 0. The van der Waals surface area contributed by atoms with Crippen LogP contribution in [0, 0.1) is 6.92 Å². The predicted octanol–water partition coefficient (Wildman–Crippen LogP) is 1.51. The molecule has 0 saturated carbocycles. The molecule has 0 fully saturated rings. The van der Waals surface area contributed by atoms with E-state index in [4.69, 9.17) is 10.2 Å². The van der Waals surface area contributed by atoms with Crippen LogP contribution in [0.4, 0.5) is 0 Å². The van der Waals surface area contributed by atoms with Crippen LogP contribution in [0.15, 0.2) is 16.5 Å². The predicted molar refractivity (Wildman–Crippen MR) is 43.5 cm³/mol. The van der Waals surface area contributed by atoms with Crippen LogP contribution in [-0.2, 0) is 6.42 Å². The average Bonchev–Trinajstić information content (AvgIpc) is 2.17. The molecule has 0 aliphatic rings. The third kappa shape index (κ3) is 2.42. The van der Waals surface area contributed by atoms with Crippen molar-refractivity contribution in [1.29, 1.82) is 0 Å². The van der Waals surface area contributed by atoms with Gasteiger partial charge in [0.15, 0.2) is 0 Å². The summed E-state index contributed by atoms with van der Waals surface area (Å²) in [7, 11) is 0. The van der Waals surface area contributed by atoms with Crippen LogP contribution in [0.5, 0.6) is 0 Å². The van der Waals surface area contributed by atoms with Crippen LogP contribution >= 0.6 is 12.4 Å². The van der Waals surface area contributed by atoms with Gasteiger partial charge in [-0.3, -0.25) is 0 Å². The van der Waals surface area contributed by atoms with Gasteiger partial charge in [-0.2, -0.15) is 0 Å². The van der Waals surface area contributed by atoms with Crippen molar-refractivity contribution in [3.05, 3.63) is 23.7 Å². The maximum absolute atomic E-state index is 5.31. The first kappa shape index (κ1) is 9.53. The van der Waals surface area contributed by atoms with Crippen molar-refractivity contribution in [3.8, 4) is 0 Å². The molecule has 0 radical (unpaired) electrons. The fourth-order valence-corrected chi connectivity index (χ4v) is 0.762. The molecule has 58 valence electrons. The van der Waals surface area contributed by atoms with Crippen LogP contribution in [0.1, 0.15) is 11.5 Å². The molecule has 3 heteroatoms. The highest BCUT2D eigenvalue weighted by Gasteiger charge is 1.94. The Bertz CT molecular complexity index is 185. The van der Waals surface area contributed by atoms with Gasteiger partial charge in [0.2, 0.25) is 0 Å². The van der Waals surface area contributed by atoms with Crippen molar-refractivity contribution < 1.29 is 4.42 Å². The summed E-state index contributed by atoms with van der Waals surface area (Å²) in [6.45, 7) is 2.59. The van der Waals surface area contributed by atoms with Gasteiger partial charge in [0.25, 0.3) is 0 Å². The number of nitrogens with two attached hydrogens (primary N) is 1. The third-order valence-electron chi connectivity index (χ3n) is 1.19. The molecule has 0 spiro atoms. The molecule has 0 atom stereocenters. The SMILES string of the molecule is Cc1ccc(CCN)o1.Cl. The Morgan fingerprint density at radius 2 is 2.20 bits per heavy atom. The molecular formula is C7H12ClNO. The van der Waals surface area contributed by atoms with Crippen molar-refractivity contribution in [2.75, 3.05) is 6.54 Å². The molecule has 0 amide bonds. The summed E-state index contributed by atoms with van der Waals surface area (Å²) in [5.41, 5.74) is 5.31. The molecule has 0 bridgehead atoms. The molecule has 0 aliphatic heterocycles. The lowest BCUT2D eigenvalue weighted by Crippen LogP contribution is -2.01. The number of furan rings is 1. The summed E-state index contributed by atoms with van der Waals surface area (Å²) in [5, 5.41) is 0. The summed E-state index contributed by atoms with van der Waals surface area (Å²) < 4.78 is 5.24. The van der Waals surface area contributed by atoms with E-state index in [0.29, 0.717) is 6.54 Å². The zero-order chi connectivity index (χ0) is 6.69. The molecule has 10 heavy (non-hydrogen) atoms. The van der Waals surface area contributed by atoms with Crippen molar-refractivity contribution in [3.63, 3.8) is 0 Å². The first-order valence-corrected chi connectivity index (χ1v) is 3.08. The molecule has 1 aromatic rings. The van der Waals surface area contributed by atoms with E-state index in [2.05, 4.69) is 0 Å². The standard InChI is InChI=1S/C7H11NO.ClH/c1-6-2-3-7(9-6)4-5-8;/h2-3H,4-5,8H2,1H3;1H. The van der Waals surface area contributed by atoms with E-state index in [1.807, 2.05) is 19.1 Å². The highest BCUT2D eigenvalue weighted by Crippen LogP contribution is 2.05. The Morgan fingerprint density at radius 1 is 1.50 bits per heavy atom. The number of aryl methyl sites for hydroxylation is 1. The number of rotatable bonds is 2. The van der Waals surface area contributed by atoms with Gasteiger partial charge in [0.1, 0.15) is 11.5 Å². The maximum atomic E-state index is 5.31. The smallest absolute Gasteiger partial charge is 0.105 e. The monoisotopic (exact) mass is 161 g/mol. The molecule has 2 nitrogen and oxygen atoms in total. The molecule has 1 rings (SSSR count). The lowest BCUT2D eigenvalue weighted by atomic mass is 10.3. The van der Waals surface area contributed by atoms with Crippen LogP contribution in [0.25, 0.3) is 0 Å². The summed E-state index contributed by atoms with van der Waals surface area (Å²) in [4.78, 5) is 0. The molecule has 0 aromatic carbocycles. The fraction of sp³-hybridized carbons (Fsp3) is 0.429. The molecule has 1 heterocycles. The minimum absolute atomic E-state index is 0. The largest absolute Gasteiger partial charge is 0.466 e. The molecule has 0 aliphatic carbocycles. The van der Waals surface area contributed by atoms with Crippen molar-refractivity contribution in [2.24, 2.45) is 5.73 Å². The van der Waals surface area contributed by atoms with Crippen LogP contribution < -0.4 is 5.73 Å². The van der Waals surface area contributed by atoms with Gasteiger partial charge >= 0.3 is 0 Å². The highest BCUT2D eigenvalue weighted by atomic mass is 35.5. The second kappa shape index (κ2) is 4.36. The zero-order valence-electron chi connectivity index (χ0n) is 5.96. The summed E-state index contributed by atoms with van der Waals surface area (Å²) in [6, 6.07) is 3.91. The van der Waals surface area contributed by atoms with Crippen LogP contribution in [0.3, 0.4) is 0 Å². The first-order valence-electron chi connectivity index (χ1n) is 3.08. The van der Waals surface area contributed by atoms with Gasteiger partial charge in [-0.1, -0.05) is 0 Å². The van der Waals surface area contributed by atoms with Crippen molar-refractivity contribution in [1.82, 2.24) is 0 Å². The lowest BCUT2D eigenvalue weighted by molar-refractivity contribution is 0.484. The number of hydrogen-bond donors (Lipinski definition) is 1. The molecule has 2 N–H and O–H groups in total. The quantitative estimate of drug-likeness (QED) is 0.714. The Morgan fingerprint density at radius 3 is 2.60 bits per heavy atom. The Kier molecular flexibility index (Phi) is 4.16. The lowest BCUT2D eigenvalue weighted by Gasteiger charge is -1.88. The van der Waals surface area contributed by atoms with Crippen LogP contribution in [-0.4, -0.2) is 6.54 Å². The number of halogens is 1. The zero-order valence-corrected chi connectivity index (χ0v) is 6.78. The summed E-state index contributed by atoms with van der Waals surface area (Å²) in [6.07, 6.45) is 0.841. The Hall–Kier alpha value is -0.470. The van der Waals surface area contributed by atoms with Crippen LogP contribution in [0.2, 0.25) is 0 Å². The van der Waals surface area contributed by atoms with Gasteiger partial charge in [-0.25, -0.2) is 0 Å². The Balaban J connectivity index is 0.000000810. The van der Waals surface area contributed by atoms with Crippen molar-refractivity contribution >= 4 is 12.4 Å². The summed E-state index contributed by atoms with van der Waals surface area (Å²) in [5.74, 6) is 1.94. The van der Waals surface area contributed by atoms with E-state index in [9.17, 15) is 0 Å². The third-order valence-corrected chi connectivity index (χ3v) is 1.19. The van der Waals surface area contributed by atoms with Gasteiger partial charge < -0.3 is 10.2 Å². The van der Waals surface area contributed by atoms with Gasteiger partial charge in [0.05, 0.1) is 0 Å². The maximum Gasteiger partial charge on any atom is 0.105 e. The average molecular weight is 162 g/mol. The highest BCUT2D eigenvalue weighted by molar-refractivity contribution is 5.85. The van der Waals surface area contributed by atoms with Gasteiger partial charge in [-0.05, 0) is 25.6 Å². The Labute approximate surface area is 66.8 Å². The van der Waals surface area contributed by atoms with Crippen molar-refractivity contribution in [2.45, 2.75) is 13.3 Å². The fourth-order valence-electron chi connectivity index (χ4n) is 0.762. The molecular weight excluding hydrogens is 150 g/mol. The van der Waals surface area contributed by atoms with E-state index < -0.39 is 0 Å². The van der Waals surface area contributed by atoms with E-state index >= 15 is 0 Å². The second-order valence-corrected chi connectivity index (χ2v) is 2.05. The minimum Gasteiger partial charge on any atom is -0.466 e.